The van der Waals surface area contributed by atoms with Crippen LogP contribution < -0.4 is 14.8 Å². The Hall–Kier alpha value is -2.67. The highest BCUT2D eigenvalue weighted by Crippen LogP contribution is 2.33. The van der Waals surface area contributed by atoms with Crippen molar-refractivity contribution in [3.8, 4) is 11.6 Å². The van der Waals surface area contributed by atoms with Crippen LogP contribution >= 0.6 is 11.3 Å². The molecular weight excluding hydrogens is 338 g/mol. The van der Waals surface area contributed by atoms with Gasteiger partial charge < -0.3 is 14.8 Å². The lowest BCUT2D eigenvalue weighted by atomic mass is 10.2. The van der Waals surface area contributed by atoms with E-state index in [9.17, 15) is 4.79 Å². The Morgan fingerprint density at radius 1 is 1.20 bits per heavy atom. The summed E-state index contributed by atoms with van der Waals surface area (Å²) >= 11 is 1.60. The van der Waals surface area contributed by atoms with Gasteiger partial charge in [-0.3, -0.25) is 4.79 Å². The van der Waals surface area contributed by atoms with Crippen molar-refractivity contribution < 1.29 is 14.3 Å². The minimum Gasteiger partial charge on any atom is -0.497 e. The molecule has 0 bridgehead atoms. The molecule has 0 saturated heterocycles. The normalized spacial score (nSPS) is 10.7. The van der Waals surface area contributed by atoms with Gasteiger partial charge in [-0.05, 0) is 37.1 Å². The summed E-state index contributed by atoms with van der Waals surface area (Å²) in [6, 6.07) is 7.53. The molecule has 1 aromatic carbocycles. The van der Waals surface area contributed by atoms with Crippen LogP contribution in [-0.4, -0.2) is 29.6 Å². The number of aromatic nitrogens is 2. The first-order chi connectivity index (χ1) is 12.1. The van der Waals surface area contributed by atoms with Gasteiger partial charge in [0.25, 0.3) is 5.91 Å². The molecule has 0 fully saturated rings. The number of nitrogens with one attached hydrogen (secondary N) is 1. The second-order valence-electron chi connectivity index (χ2n) is 5.56. The molecule has 0 unspecified atom stereocenters. The third-order valence-corrected chi connectivity index (χ3v) is 5.03. The van der Waals surface area contributed by atoms with Crippen LogP contribution in [-0.2, 0) is 11.3 Å². The Bertz CT molecular complexity index is 890. The van der Waals surface area contributed by atoms with Gasteiger partial charge in [0.1, 0.15) is 16.9 Å². The van der Waals surface area contributed by atoms with Gasteiger partial charge in [0.15, 0.2) is 6.61 Å². The van der Waals surface area contributed by atoms with E-state index in [2.05, 4.69) is 15.3 Å². The quantitative estimate of drug-likeness (QED) is 0.734. The third-order valence-electron chi connectivity index (χ3n) is 3.92. The highest BCUT2D eigenvalue weighted by atomic mass is 32.1. The van der Waals surface area contributed by atoms with Crippen molar-refractivity contribution >= 4 is 27.5 Å². The minimum atomic E-state index is -0.202. The van der Waals surface area contributed by atoms with Crippen LogP contribution in [0.4, 0.5) is 0 Å². The van der Waals surface area contributed by atoms with E-state index >= 15 is 0 Å². The van der Waals surface area contributed by atoms with Crippen LogP contribution in [0.3, 0.4) is 0 Å². The summed E-state index contributed by atoms with van der Waals surface area (Å²) in [6.07, 6.45) is 1.46. The summed E-state index contributed by atoms with van der Waals surface area (Å²) in [5, 5.41) is 3.71. The Morgan fingerprint density at radius 3 is 2.68 bits per heavy atom. The van der Waals surface area contributed by atoms with Crippen LogP contribution in [0.1, 0.15) is 16.0 Å². The number of rotatable bonds is 6. The molecule has 0 saturated carbocycles. The number of hydrogen-bond donors (Lipinski definition) is 1. The number of fused-ring (bicyclic) bond motifs is 1. The molecule has 2 heterocycles. The molecule has 25 heavy (non-hydrogen) atoms. The Kier molecular flexibility index (Phi) is 5.14. The molecule has 3 aromatic rings. The number of benzene rings is 1. The molecule has 0 radical (unpaired) electrons. The number of methoxy groups -OCH3 is 1. The van der Waals surface area contributed by atoms with Gasteiger partial charge in [-0.25, -0.2) is 9.97 Å². The van der Waals surface area contributed by atoms with Crippen LogP contribution in [0, 0.1) is 13.8 Å². The Morgan fingerprint density at radius 2 is 1.96 bits per heavy atom. The van der Waals surface area contributed by atoms with Crippen LogP contribution in [0.15, 0.2) is 30.6 Å². The van der Waals surface area contributed by atoms with Crippen molar-refractivity contribution in [1.82, 2.24) is 15.3 Å². The minimum absolute atomic E-state index is 0.0867. The van der Waals surface area contributed by atoms with Crippen molar-refractivity contribution in [3.05, 3.63) is 46.6 Å². The molecule has 0 spiro atoms. The maximum atomic E-state index is 12.0. The fourth-order valence-corrected chi connectivity index (χ4v) is 3.38. The molecule has 3 rings (SSSR count). The zero-order chi connectivity index (χ0) is 17.8. The number of thiophene rings is 1. The van der Waals surface area contributed by atoms with Gasteiger partial charge >= 0.3 is 0 Å². The van der Waals surface area contributed by atoms with Gasteiger partial charge in [0.05, 0.1) is 12.5 Å². The monoisotopic (exact) mass is 357 g/mol. The predicted molar refractivity (Wildman–Crippen MR) is 97.2 cm³/mol. The lowest BCUT2D eigenvalue weighted by Gasteiger charge is -2.08. The van der Waals surface area contributed by atoms with Crippen molar-refractivity contribution in [2.24, 2.45) is 0 Å². The molecule has 1 N–H and O–H groups in total. The van der Waals surface area contributed by atoms with Gasteiger partial charge in [-0.1, -0.05) is 12.1 Å². The van der Waals surface area contributed by atoms with Gasteiger partial charge in [0.2, 0.25) is 5.88 Å². The molecule has 6 nitrogen and oxygen atoms in total. The molecule has 2 aromatic heterocycles. The van der Waals surface area contributed by atoms with E-state index < -0.39 is 0 Å². The van der Waals surface area contributed by atoms with Crippen molar-refractivity contribution in [3.63, 3.8) is 0 Å². The maximum Gasteiger partial charge on any atom is 0.258 e. The maximum absolute atomic E-state index is 12.0. The van der Waals surface area contributed by atoms with E-state index in [1.54, 1.807) is 18.4 Å². The molecule has 130 valence electrons. The molecule has 0 aliphatic heterocycles. The fourth-order valence-electron chi connectivity index (χ4n) is 2.39. The highest BCUT2D eigenvalue weighted by molar-refractivity contribution is 7.18. The van der Waals surface area contributed by atoms with Crippen molar-refractivity contribution in [1.29, 1.82) is 0 Å². The van der Waals surface area contributed by atoms with Crippen LogP contribution in [0.25, 0.3) is 10.2 Å². The van der Waals surface area contributed by atoms with Crippen LogP contribution in [0.2, 0.25) is 0 Å². The molecule has 1 amide bonds. The summed E-state index contributed by atoms with van der Waals surface area (Å²) in [4.78, 5) is 22.5. The van der Waals surface area contributed by atoms with E-state index in [-0.39, 0.29) is 12.5 Å². The SMILES string of the molecule is COc1ccc(CNC(=O)COc2ncnc3sc(C)c(C)c23)cc1. The second-order valence-corrected chi connectivity index (χ2v) is 6.76. The second kappa shape index (κ2) is 7.48. The van der Waals surface area contributed by atoms with Crippen LogP contribution in [0.5, 0.6) is 11.6 Å². The number of carbonyl (C=O) groups is 1. The van der Waals surface area contributed by atoms with E-state index in [4.69, 9.17) is 9.47 Å². The average Bonchev–Trinajstić information content (AvgIpc) is 2.93. The molecule has 7 heteroatoms. The lowest BCUT2D eigenvalue weighted by molar-refractivity contribution is -0.123. The van der Waals surface area contributed by atoms with Gasteiger partial charge in [0, 0.05) is 11.4 Å². The lowest BCUT2D eigenvalue weighted by Crippen LogP contribution is -2.28. The summed E-state index contributed by atoms with van der Waals surface area (Å²) in [5.41, 5.74) is 2.08. The first-order valence-corrected chi connectivity index (χ1v) is 8.63. The van der Waals surface area contributed by atoms with E-state index in [0.717, 1.165) is 27.1 Å². The fraction of sp³-hybridized carbons (Fsp3) is 0.278. The highest BCUT2D eigenvalue weighted by Gasteiger charge is 2.14. The number of aryl methyl sites for hydroxylation is 2. The number of nitrogens with zero attached hydrogens (tertiary/aromatic N) is 2. The largest absolute Gasteiger partial charge is 0.497 e. The summed E-state index contributed by atoms with van der Waals surface area (Å²) in [5.74, 6) is 1.03. The van der Waals surface area contributed by atoms with Gasteiger partial charge in [-0.2, -0.15) is 0 Å². The number of ether oxygens (including phenoxy) is 2. The first-order valence-electron chi connectivity index (χ1n) is 7.81. The summed E-state index contributed by atoms with van der Waals surface area (Å²) in [7, 11) is 1.62. The predicted octanol–water partition coefficient (Wildman–Crippen LogP) is 3.01. The van der Waals surface area contributed by atoms with E-state index in [0.29, 0.717) is 12.4 Å². The zero-order valence-corrected chi connectivity index (χ0v) is 15.1. The number of hydrogen-bond acceptors (Lipinski definition) is 6. The zero-order valence-electron chi connectivity index (χ0n) is 14.3. The van der Waals surface area contributed by atoms with E-state index in [1.807, 2.05) is 38.1 Å². The average molecular weight is 357 g/mol. The molecule has 0 aliphatic rings. The standard InChI is InChI=1S/C18H19N3O3S/c1-11-12(2)25-18-16(11)17(20-10-21-18)24-9-15(22)19-8-13-4-6-14(23-3)7-5-13/h4-7,10H,8-9H2,1-3H3,(H,19,22). The Balaban J connectivity index is 1.59. The van der Waals surface area contributed by atoms with E-state index in [1.165, 1.54) is 11.2 Å². The van der Waals surface area contributed by atoms with Crippen molar-refractivity contribution in [2.75, 3.05) is 13.7 Å². The molecular formula is C18H19N3O3S. The number of amides is 1. The molecule has 0 aliphatic carbocycles. The number of carbonyl (C=O) groups excluding carboxylic acids is 1. The topological polar surface area (TPSA) is 73.3 Å². The molecule has 0 atom stereocenters. The first kappa shape index (κ1) is 17.2. The summed E-state index contributed by atoms with van der Waals surface area (Å²) < 4.78 is 10.7. The summed E-state index contributed by atoms with van der Waals surface area (Å²) in [6.45, 7) is 4.39. The Labute approximate surface area is 149 Å². The smallest absolute Gasteiger partial charge is 0.258 e. The third kappa shape index (κ3) is 3.88. The van der Waals surface area contributed by atoms with Gasteiger partial charge in [-0.15, -0.1) is 11.3 Å². The van der Waals surface area contributed by atoms with Crippen molar-refractivity contribution in [2.45, 2.75) is 20.4 Å².